The molecule has 2 rings (SSSR count). The third-order valence-corrected chi connectivity index (χ3v) is 5.06. The Hall–Kier alpha value is -1.59. The van der Waals surface area contributed by atoms with Gasteiger partial charge in [-0.05, 0) is 29.5 Å². The maximum Gasteiger partial charge on any atom is 0.191 e. The Morgan fingerprint density at radius 3 is 2.74 bits per heavy atom. The lowest BCUT2D eigenvalue weighted by Gasteiger charge is -2.25. The van der Waals surface area contributed by atoms with Gasteiger partial charge in [0.05, 0.1) is 0 Å². The van der Waals surface area contributed by atoms with Gasteiger partial charge in [-0.2, -0.15) is 0 Å². The molecule has 2 heterocycles. The first kappa shape index (κ1) is 17.8. The van der Waals surface area contributed by atoms with Gasteiger partial charge >= 0.3 is 0 Å². The molecular formula is C17H23ClN4S. The smallest absolute Gasteiger partial charge is 0.191 e. The zero-order valence-electron chi connectivity index (χ0n) is 13.8. The largest absolute Gasteiger partial charge is 0.356 e. The number of halogens is 1. The molecule has 124 valence electrons. The van der Waals surface area contributed by atoms with Crippen molar-refractivity contribution in [3.63, 3.8) is 0 Å². The molecular weight excluding hydrogens is 328 g/mol. The predicted molar refractivity (Wildman–Crippen MR) is 99.7 cm³/mol. The number of nitrogens with one attached hydrogen (secondary N) is 2. The molecule has 4 nitrogen and oxygen atoms in total. The predicted octanol–water partition coefficient (Wildman–Crippen LogP) is 3.48. The van der Waals surface area contributed by atoms with E-state index >= 15 is 0 Å². The first-order valence-corrected chi connectivity index (χ1v) is 8.86. The molecule has 0 atom stereocenters. The maximum absolute atomic E-state index is 5.79. The molecule has 23 heavy (non-hydrogen) atoms. The molecule has 0 aromatic carbocycles. The van der Waals surface area contributed by atoms with E-state index in [1.807, 2.05) is 12.1 Å². The van der Waals surface area contributed by atoms with Gasteiger partial charge in [0.2, 0.25) is 0 Å². The maximum atomic E-state index is 5.79. The third kappa shape index (κ3) is 5.52. The van der Waals surface area contributed by atoms with Crippen LogP contribution in [0.2, 0.25) is 5.15 Å². The standard InChI is InChI=1S/C17H23ClN4S/c1-17(2,14-5-4-10-23-14)12-22-16(19-3)20-9-8-13-6-7-15(18)21-11-13/h4-7,10-11H,8-9,12H2,1-3H3,(H2,19,20,22). The molecule has 2 aromatic rings. The molecule has 0 saturated carbocycles. The van der Waals surface area contributed by atoms with Crippen molar-refractivity contribution < 1.29 is 0 Å². The Labute approximate surface area is 147 Å². The van der Waals surface area contributed by atoms with Crippen LogP contribution in [0.15, 0.2) is 40.8 Å². The molecule has 0 unspecified atom stereocenters. The highest BCUT2D eigenvalue weighted by Gasteiger charge is 2.21. The van der Waals surface area contributed by atoms with Gasteiger partial charge in [0.25, 0.3) is 0 Å². The van der Waals surface area contributed by atoms with Crippen LogP contribution in [0.4, 0.5) is 0 Å². The molecule has 2 N–H and O–H groups in total. The van der Waals surface area contributed by atoms with Crippen LogP contribution < -0.4 is 10.6 Å². The van der Waals surface area contributed by atoms with E-state index in [2.05, 4.69) is 52.0 Å². The highest BCUT2D eigenvalue weighted by molar-refractivity contribution is 7.10. The van der Waals surface area contributed by atoms with Crippen molar-refractivity contribution in [1.82, 2.24) is 15.6 Å². The zero-order valence-corrected chi connectivity index (χ0v) is 15.3. The van der Waals surface area contributed by atoms with E-state index < -0.39 is 0 Å². The van der Waals surface area contributed by atoms with E-state index in [0.717, 1.165) is 31.0 Å². The van der Waals surface area contributed by atoms with E-state index in [1.54, 1.807) is 24.6 Å². The lowest BCUT2D eigenvalue weighted by atomic mass is 9.91. The summed E-state index contributed by atoms with van der Waals surface area (Å²) in [6.07, 6.45) is 2.68. The fourth-order valence-corrected chi connectivity index (χ4v) is 3.12. The van der Waals surface area contributed by atoms with Gasteiger partial charge in [-0.1, -0.05) is 37.6 Å². The van der Waals surface area contributed by atoms with Crippen LogP contribution in [0.1, 0.15) is 24.3 Å². The summed E-state index contributed by atoms with van der Waals surface area (Å²) < 4.78 is 0. The van der Waals surface area contributed by atoms with E-state index in [-0.39, 0.29) is 5.41 Å². The number of pyridine rings is 1. The van der Waals surface area contributed by atoms with Gasteiger partial charge in [-0.3, -0.25) is 4.99 Å². The lowest BCUT2D eigenvalue weighted by Crippen LogP contribution is -2.43. The number of nitrogens with zero attached hydrogens (tertiary/aromatic N) is 2. The van der Waals surface area contributed by atoms with Crippen LogP contribution in [0, 0.1) is 0 Å². The van der Waals surface area contributed by atoms with Crippen LogP contribution in [0.3, 0.4) is 0 Å². The summed E-state index contributed by atoms with van der Waals surface area (Å²) in [6.45, 7) is 6.09. The minimum atomic E-state index is 0.0753. The number of aliphatic imine (C=N–C) groups is 1. The van der Waals surface area contributed by atoms with Gasteiger partial charge in [0.1, 0.15) is 5.15 Å². The van der Waals surface area contributed by atoms with E-state index in [4.69, 9.17) is 11.6 Å². The van der Waals surface area contributed by atoms with Crippen molar-refractivity contribution in [2.45, 2.75) is 25.7 Å². The van der Waals surface area contributed by atoms with E-state index in [0.29, 0.717) is 5.15 Å². The topological polar surface area (TPSA) is 49.3 Å². The third-order valence-electron chi connectivity index (χ3n) is 3.60. The molecule has 0 fully saturated rings. The molecule has 0 spiro atoms. The normalized spacial score (nSPS) is 12.3. The van der Waals surface area contributed by atoms with E-state index in [1.165, 1.54) is 4.88 Å². The van der Waals surface area contributed by atoms with Gasteiger partial charge in [-0.15, -0.1) is 11.3 Å². The second-order valence-electron chi connectivity index (χ2n) is 5.95. The molecule has 0 aliphatic rings. The summed E-state index contributed by atoms with van der Waals surface area (Å²) in [5.74, 6) is 0.816. The summed E-state index contributed by atoms with van der Waals surface area (Å²) >= 11 is 7.58. The van der Waals surface area contributed by atoms with Crippen LogP contribution in [-0.2, 0) is 11.8 Å². The molecule has 0 bridgehead atoms. The van der Waals surface area contributed by atoms with Crippen molar-refractivity contribution >= 4 is 28.9 Å². The first-order chi connectivity index (χ1) is 11.0. The summed E-state index contributed by atoms with van der Waals surface area (Å²) in [6, 6.07) is 8.08. The van der Waals surface area contributed by atoms with Gasteiger partial charge < -0.3 is 10.6 Å². The summed E-state index contributed by atoms with van der Waals surface area (Å²) in [7, 11) is 1.79. The van der Waals surface area contributed by atoms with Gasteiger partial charge in [0.15, 0.2) is 5.96 Å². The van der Waals surface area contributed by atoms with Crippen LogP contribution in [0.25, 0.3) is 0 Å². The monoisotopic (exact) mass is 350 g/mol. The average Bonchev–Trinajstić information content (AvgIpc) is 3.08. The van der Waals surface area contributed by atoms with Crippen LogP contribution in [-0.4, -0.2) is 31.1 Å². The Morgan fingerprint density at radius 1 is 1.30 bits per heavy atom. The number of hydrogen-bond donors (Lipinski definition) is 2. The lowest BCUT2D eigenvalue weighted by molar-refractivity contribution is 0.518. The molecule has 6 heteroatoms. The molecule has 2 aromatic heterocycles. The number of guanidine groups is 1. The van der Waals surface area contributed by atoms with Crippen molar-refractivity contribution in [2.24, 2.45) is 4.99 Å². The average molecular weight is 351 g/mol. The van der Waals surface area contributed by atoms with Crippen molar-refractivity contribution in [3.05, 3.63) is 51.4 Å². The Bertz CT molecular complexity index is 621. The fourth-order valence-electron chi connectivity index (χ4n) is 2.16. The summed E-state index contributed by atoms with van der Waals surface area (Å²) in [5, 5.41) is 9.37. The quantitative estimate of drug-likeness (QED) is 0.476. The minimum Gasteiger partial charge on any atom is -0.356 e. The Morgan fingerprint density at radius 2 is 2.13 bits per heavy atom. The van der Waals surface area contributed by atoms with Crippen molar-refractivity contribution in [1.29, 1.82) is 0 Å². The fraction of sp³-hybridized carbons (Fsp3) is 0.412. The first-order valence-electron chi connectivity index (χ1n) is 7.60. The molecule has 0 aliphatic heterocycles. The summed E-state index contributed by atoms with van der Waals surface area (Å²) in [5.41, 5.74) is 1.22. The highest BCUT2D eigenvalue weighted by Crippen LogP contribution is 2.26. The molecule has 0 aliphatic carbocycles. The number of thiophene rings is 1. The minimum absolute atomic E-state index is 0.0753. The molecule has 0 radical (unpaired) electrons. The Kier molecular flexibility index (Phi) is 6.42. The van der Waals surface area contributed by atoms with E-state index in [9.17, 15) is 0 Å². The van der Waals surface area contributed by atoms with Gasteiger partial charge in [0, 0.05) is 36.6 Å². The van der Waals surface area contributed by atoms with Crippen LogP contribution in [0.5, 0.6) is 0 Å². The van der Waals surface area contributed by atoms with Crippen molar-refractivity contribution in [3.8, 4) is 0 Å². The number of hydrogen-bond acceptors (Lipinski definition) is 3. The number of aromatic nitrogens is 1. The Balaban J connectivity index is 1.78. The number of rotatable bonds is 6. The highest BCUT2D eigenvalue weighted by atomic mass is 35.5. The SMILES string of the molecule is CN=C(NCCc1ccc(Cl)nc1)NCC(C)(C)c1cccs1. The zero-order chi connectivity index (χ0) is 16.7. The molecule has 0 amide bonds. The molecule has 0 saturated heterocycles. The van der Waals surface area contributed by atoms with Gasteiger partial charge in [-0.25, -0.2) is 4.98 Å². The second-order valence-corrected chi connectivity index (χ2v) is 7.29. The van der Waals surface area contributed by atoms with Crippen LogP contribution >= 0.6 is 22.9 Å². The second kappa shape index (κ2) is 8.31. The van der Waals surface area contributed by atoms with Crippen molar-refractivity contribution in [2.75, 3.05) is 20.1 Å². The summed E-state index contributed by atoms with van der Waals surface area (Å²) in [4.78, 5) is 9.73.